The lowest BCUT2D eigenvalue weighted by molar-refractivity contribution is -0.122. The van der Waals surface area contributed by atoms with E-state index in [0.717, 1.165) is 48.9 Å². The van der Waals surface area contributed by atoms with Crippen LogP contribution >= 0.6 is 12.4 Å². The van der Waals surface area contributed by atoms with Gasteiger partial charge in [0.1, 0.15) is 0 Å². The van der Waals surface area contributed by atoms with Crippen molar-refractivity contribution in [1.82, 2.24) is 10.1 Å². The van der Waals surface area contributed by atoms with Crippen LogP contribution in [0.2, 0.25) is 0 Å². The van der Waals surface area contributed by atoms with E-state index < -0.39 is 5.54 Å². The molecule has 25 heavy (non-hydrogen) atoms. The molecule has 1 amide bonds. The third kappa shape index (κ3) is 4.19. The van der Waals surface area contributed by atoms with Gasteiger partial charge >= 0.3 is 0 Å². The summed E-state index contributed by atoms with van der Waals surface area (Å²) in [6.45, 7) is 3.93. The van der Waals surface area contributed by atoms with Crippen molar-refractivity contribution in [2.45, 2.75) is 57.9 Å². The fourth-order valence-electron chi connectivity index (χ4n) is 3.06. The van der Waals surface area contributed by atoms with Gasteiger partial charge in [-0.3, -0.25) is 4.79 Å². The van der Waals surface area contributed by atoms with Crippen molar-refractivity contribution in [1.29, 1.82) is 0 Å². The number of nitrogens with zero attached hydrogens (tertiary/aromatic N) is 2. The Morgan fingerprint density at radius 1 is 1.32 bits per heavy atom. The zero-order valence-corrected chi connectivity index (χ0v) is 15.5. The van der Waals surface area contributed by atoms with Crippen LogP contribution in [0.15, 0.2) is 22.7 Å². The average molecular weight is 365 g/mol. The van der Waals surface area contributed by atoms with Crippen LogP contribution in [-0.4, -0.2) is 21.6 Å². The first-order valence-corrected chi connectivity index (χ1v) is 8.56. The number of nitrogens with one attached hydrogen (secondary N) is 1. The van der Waals surface area contributed by atoms with Gasteiger partial charge in [0.25, 0.3) is 5.89 Å². The summed E-state index contributed by atoms with van der Waals surface area (Å²) in [5.74, 6) is 1.02. The third-order valence-electron chi connectivity index (χ3n) is 4.72. The van der Waals surface area contributed by atoms with Crippen LogP contribution in [0, 0.1) is 6.92 Å². The third-order valence-corrected chi connectivity index (χ3v) is 4.72. The van der Waals surface area contributed by atoms with Crippen LogP contribution in [0.3, 0.4) is 0 Å². The second kappa shape index (κ2) is 7.97. The number of aromatic nitrogens is 2. The number of benzene rings is 1. The van der Waals surface area contributed by atoms with Gasteiger partial charge in [0.2, 0.25) is 5.91 Å². The van der Waals surface area contributed by atoms with Crippen LogP contribution in [0.25, 0.3) is 11.5 Å². The lowest BCUT2D eigenvalue weighted by Crippen LogP contribution is -2.52. The molecule has 0 spiro atoms. The molecule has 3 rings (SSSR count). The lowest BCUT2D eigenvalue weighted by atomic mass is 9.82. The molecule has 0 radical (unpaired) electrons. The molecule has 1 saturated carbocycles. The Balaban J connectivity index is 0.00000225. The normalized spacial score (nSPS) is 16.1. The highest BCUT2D eigenvalue weighted by Gasteiger charge is 2.35. The van der Waals surface area contributed by atoms with Crippen LogP contribution in [0.4, 0.5) is 5.69 Å². The Morgan fingerprint density at radius 3 is 2.68 bits per heavy atom. The molecule has 0 unspecified atom stereocenters. The molecule has 1 aromatic heterocycles. The molecule has 1 fully saturated rings. The summed E-state index contributed by atoms with van der Waals surface area (Å²) in [5, 5.41) is 6.91. The molecule has 0 bridgehead atoms. The summed E-state index contributed by atoms with van der Waals surface area (Å²) in [7, 11) is 0. The average Bonchev–Trinajstić information content (AvgIpc) is 3.06. The highest BCUT2D eigenvalue weighted by molar-refractivity contribution is 5.99. The van der Waals surface area contributed by atoms with Crippen molar-refractivity contribution < 1.29 is 9.32 Å². The Labute approximate surface area is 154 Å². The minimum absolute atomic E-state index is 0. The molecule has 1 aliphatic rings. The Hall–Kier alpha value is -1.92. The van der Waals surface area contributed by atoms with E-state index >= 15 is 0 Å². The zero-order valence-electron chi connectivity index (χ0n) is 14.7. The molecule has 7 heteroatoms. The second-order valence-electron chi connectivity index (χ2n) is 6.57. The van der Waals surface area contributed by atoms with Gasteiger partial charge in [0.15, 0.2) is 5.82 Å². The van der Waals surface area contributed by atoms with E-state index in [9.17, 15) is 4.79 Å². The number of nitrogens with two attached hydrogens (primary N) is 1. The quantitative estimate of drug-likeness (QED) is 0.863. The molecule has 136 valence electrons. The van der Waals surface area contributed by atoms with Crippen molar-refractivity contribution in [3.8, 4) is 11.5 Å². The molecule has 1 aromatic carbocycles. The molecule has 0 atom stereocenters. The second-order valence-corrected chi connectivity index (χ2v) is 6.57. The molecule has 6 nitrogen and oxygen atoms in total. The SMILES string of the molecule is CCc1noc(-c2ccc(C)c(NC(=O)C3(N)CCCCC3)c2)n1.Cl. The van der Waals surface area contributed by atoms with Crippen molar-refractivity contribution in [2.75, 3.05) is 5.32 Å². The molecule has 0 saturated heterocycles. The molecule has 3 N–H and O–H groups in total. The summed E-state index contributed by atoms with van der Waals surface area (Å²) in [6, 6.07) is 5.72. The smallest absolute Gasteiger partial charge is 0.257 e. The molecule has 1 heterocycles. The predicted octanol–water partition coefficient (Wildman–Crippen LogP) is 3.63. The van der Waals surface area contributed by atoms with E-state index in [1.54, 1.807) is 0 Å². The van der Waals surface area contributed by atoms with Crippen LogP contribution < -0.4 is 11.1 Å². The summed E-state index contributed by atoms with van der Waals surface area (Å²) < 4.78 is 5.28. The number of anilines is 1. The molecule has 2 aromatic rings. The Kier molecular flexibility index (Phi) is 6.19. The van der Waals surface area contributed by atoms with Crippen molar-refractivity contribution in [3.05, 3.63) is 29.6 Å². The fourth-order valence-corrected chi connectivity index (χ4v) is 3.06. The van der Waals surface area contributed by atoms with E-state index in [1.807, 2.05) is 32.0 Å². The number of amides is 1. The molecule has 0 aliphatic heterocycles. The van der Waals surface area contributed by atoms with Gasteiger partial charge in [-0.2, -0.15) is 4.98 Å². The first-order chi connectivity index (χ1) is 11.5. The molecular formula is C18H25ClN4O2. The van der Waals surface area contributed by atoms with Crippen LogP contribution in [0.1, 0.15) is 50.4 Å². The number of hydrogen-bond donors (Lipinski definition) is 2. The van der Waals surface area contributed by atoms with E-state index in [4.69, 9.17) is 10.3 Å². The van der Waals surface area contributed by atoms with Crippen LogP contribution in [0.5, 0.6) is 0 Å². The van der Waals surface area contributed by atoms with E-state index in [-0.39, 0.29) is 18.3 Å². The number of rotatable bonds is 4. The van der Waals surface area contributed by atoms with Crippen molar-refractivity contribution >= 4 is 24.0 Å². The van der Waals surface area contributed by atoms with Crippen LogP contribution in [-0.2, 0) is 11.2 Å². The summed E-state index contributed by atoms with van der Waals surface area (Å²) in [6.07, 6.45) is 5.35. The largest absolute Gasteiger partial charge is 0.334 e. The first kappa shape index (κ1) is 19.4. The maximum Gasteiger partial charge on any atom is 0.257 e. The highest BCUT2D eigenvalue weighted by atomic mass is 35.5. The Bertz CT molecular complexity index is 738. The monoisotopic (exact) mass is 364 g/mol. The maximum absolute atomic E-state index is 12.7. The van der Waals surface area contributed by atoms with Gasteiger partial charge in [0, 0.05) is 17.7 Å². The highest BCUT2D eigenvalue weighted by Crippen LogP contribution is 2.29. The summed E-state index contributed by atoms with van der Waals surface area (Å²) in [4.78, 5) is 17.0. The van der Waals surface area contributed by atoms with E-state index in [1.165, 1.54) is 0 Å². The summed E-state index contributed by atoms with van der Waals surface area (Å²) >= 11 is 0. The standard InChI is InChI=1S/C18H24N4O2.ClH/c1-3-15-21-16(24-22-15)13-8-7-12(2)14(11-13)20-17(23)18(19)9-5-4-6-10-18;/h7-8,11H,3-6,9-10,19H2,1-2H3,(H,20,23);1H. The fraction of sp³-hybridized carbons (Fsp3) is 0.500. The minimum atomic E-state index is -0.763. The van der Waals surface area contributed by atoms with Gasteiger partial charge in [0.05, 0.1) is 5.54 Å². The maximum atomic E-state index is 12.7. The predicted molar refractivity (Wildman–Crippen MR) is 99.7 cm³/mol. The van der Waals surface area contributed by atoms with E-state index in [0.29, 0.717) is 18.1 Å². The summed E-state index contributed by atoms with van der Waals surface area (Å²) in [5.41, 5.74) is 8.06. The molecule has 1 aliphatic carbocycles. The number of halogens is 1. The van der Waals surface area contributed by atoms with Crippen molar-refractivity contribution in [3.63, 3.8) is 0 Å². The lowest BCUT2D eigenvalue weighted by Gasteiger charge is -2.32. The van der Waals surface area contributed by atoms with Gasteiger partial charge in [-0.15, -0.1) is 12.4 Å². The number of carbonyl (C=O) groups is 1. The first-order valence-electron chi connectivity index (χ1n) is 8.56. The van der Waals surface area contributed by atoms with Gasteiger partial charge in [-0.05, 0) is 37.5 Å². The minimum Gasteiger partial charge on any atom is -0.334 e. The Morgan fingerprint density at radius 2 is 2.04 bits per heavy atom. The van der Waals surface area contributed by atoms with Gasteiger partial charge < -0.3 is 15.6 Å². The van der Waals surface area contributed by atoms with E-state index in [2.05, 4.69) is 15.5 Å². The topological polar surface area (TPSA) is 94.0 Å². The molecular weight excluding hydrogens is 340 g/mol. The van der Waals surface area contributed by atoms with Gasteiger partial charge in [-0.1, -0.05) is 37.4 Å². The zero-order chi connectivity index (χ0) is 17.2. The number of carbonyl (C=O) groups excluding carboxylic acids is 1. The van der Waals surface area contributed by atoms with Crippen molar-refractivity contribution in [2.24, 2.45) is 5.73 Å². The number of aryl methyl sites for hydroxylation is 2. The van der Waals surface area contributed by atoms with Gasteiger partial charge in [-0.25, -0.2) is 0 Å². The number of hydrogen-bond acceptors (Lipinski definition) is 5.